The molecule has 0 unspecified atom stereocenters. The van der Waals surface area contributed by atoms with Crippen LogP contribution in [-0.4, -0.2) is 6.61 Å². The van der Waals surface area contributed by atoms with E-state index in [1.165, 1.54) is 132 Å². The van der Waals surface area contributed by atoms with Crippen LogP contribution in [0.5, 0.6) is 5.06 Å². The van der Waals surface area contributed by atoms with Gasteiger partial charge < -0.3 is 4.74 Å². The lowest BCUT2D eigenvalue weighted by molar-refractivity contribution is 0.312. The van der Waals surface area contributed by atoms with Gasteiger partial charge in [-0.2, -0.15) is 0 Å². The van der Waals surface area contributed by atoms with Crippen molar-refractivity contribution in [2.24, 2.45) is 0 Å². The Balaban J connectivity index is 1.02. The molecule has 1 nitrogen and oxygen atoms in total. The zero-order valence-corrected chi connectivity index (χ0v) is 27.0. The monoisotopic (exact) mass is 598 g/mol. The van der Waals surface area contributed by atoms with Crippen LogP contribution in [-0.2, 0) is 0 Å². The van der Waals surface area contributed by atoms with E-state index in [0.29, 0.717) is 0 Å². The van der Waals surface area contributed by atoms with Crippen molar-refractivity contribution in [2.75, 3.05) is 6.61 Å². The Kier molecular flexibility index (Phi) is 14.2. The average Bonchev–Trinajstić information content (AvgIpc) is 3.76. The first-order chi connectivity index (χ1) is 19.3. The molecule has 0 bridgehead atoms. The van der Waals surface area contributed by atoms with Gasteiger partial charge >= 0.3 is 0 Å². The molecule has 0 N–H and O–H groups in total. The molecule has 0 radical (unpaired) electrons. The van der Waals surface area contributed by atoms with Gasteiger partial charge in [0.15, 0.2) is 5.06 Å². The number of ether oxygens (including phenoxy) is 1. The second-order valence-corrected chi connectivity index (χ2v) is 14.7. The Morgan fingerprint density at radius 2 is 0.897 bits per heavy atom. The van der Waals surface area contributed by atoms with Crippen LogP contribution >= 0.6 is 45.3 Å². The highest BCUT2D eigenvalue weighted by Crippen LogP contribution is 2.43. The van der Waals surface area contributed by atoms with Gasteiger partial charge in [-0.05, 0) is 54.3 Å². The van der Waals surface area contributed by atoms with Gasteiger partial charge in [0.2, 0.25) is 0 Å². The number of unbranched alkanes of at least 4 members (excludes halogenated alkanes) is 15. The Morgan fingerprint density at radius 1 is 0.462 bits per heavy atom. The van der Waals surface area contributed by atoms with Crippen LogP contribution in [0.25, 0.3) is 29.3 Å². The minimum absolute atomic E-state index is 0.842. The van der Waals surface area contributed by atoms with E-state index in [1.54, 1.807) is 11.3 Å². The van der Waals surface area contributed by atoms with Gasteiger partial charge in [0.05, 0.1) is 6.61 Å². The van der Waals surface area contributed by atoms with Crippen molar-refractivity contribution < 1.29 is 4.74 Å². The molecule has 0 aromatic carbocycles. The van der Waals surface area contributed by atoms with Gasteiger partial charge in [0.1, 0.15) is 0 Å². The first-order valence-electron chi connectivity index (χ1n) is 15.3. The number of hydrogen-bond donors (Lipinski definition) is 0. The molecule has 0 aliphatic heterocycles. The predicted molar refractivity (Wildman–Crippen MR) is 179 cm³/mol. The molecule has 0 atom stereocenters. The van der Waals surface area contributed by atoms with Gasteiger partial charge in [-0.25, -0.2) is 0 Å². The van der Waals surface area contributed by atoms with Crippen LogP contribution in [0, 0.1) is 0 Å². The van der Waals surface area contributed by atoms with Gasteiger partial charge in [-0.15, -0.1) is 34.0 Å². The normalized spacial score (nSPS) is 11.4. The fraction of sp³-hybridized carbons (Fsp3) is 0.529. The third kappa shape index (κ3) is 10.8. The Labute approximate surface area is 253 Å². The molecule has 0 amide bonds. The van der Waals surface area contributed by atoms with Crippen molar-refractivity contribution >= 4 is 45.3 Å². The minimum Gasteiger partial charge on any atom is -0.484 e. The summed E-state index contributed by atoms with van der Waals surface area (Å²) in [6, 6.07) is 17.7. The van der Waals surface area contributed by atoms with Crippen LogP contribution < -0.4 is 4.74 Å². The minimum atomic E-state index is 0.842. The van der Waals surface area contributed by atoms with Crippen molar-refractivity contribution in [2.45, 2.75) is 110 Å². The number of hydrogen-bond acceptors (Lipinski definition) is 5. The van der Waals surface area contributed by atoms with Crippen molar-refractivity contribution in [3.05, 3.63) is 53.9 Å². The molecular formula is C34H46OS4. The molecule has 4 heterocycles. The molecule has 5 heteroatoms. The van der Waals surface area contributed by atoms with Gasteiger partial charge in [0.25, 0.3) is 0 Å². The number of thiophene rings is 4. The van der Waals surface area contributed by atoms with E-state index < -0.39 is 0 Å². The summed E-state index contributed by atoms with van der Waals surface area (Å²) in [5.74, 6) is 0. The summed E-state index contributed by atoms with van der Waals surface area (Å²) in [6.45, 7) is 3.14. The fourth-order valence-electron chi connectivity index (χ4n) is 4.98. The summed E-state index contributed by atoms with van der Waals surface area (Å²) in [5.41, 5.74) is 0. The lowest BCUT2D eigenvalue weighted by atomic mass is 10.0. The van der Waals surface area contributed by atoms with Crippen molar-refractivity contribution in [3.63, 3.8) is 0 Å². The molecule has 0 spiro atoms. The Hall–Kier alpha value is -1.40. The molecule has 4 aromatic rings. The van der Waals surface area contributed by atoms with E-state index in [-0.39, 0.29) is 0 Å². The van der Waals surface area contributed by atoms with E-state index in [0.717, 1.165) is 11.7 Å². The smallest absolute Gasteiger partial charge is 0.174 e. The predicted octanol–water partition coefficient (Wildman–Crippen LogP) is 13.6. The Morgan fingerprint density at radius 3 is 1.38 bits per heavy atom. The van der Waals surface area contributed by atoms with Crippen LogP contribution in [0.4, 0.5) is 0 Å². The zero-order chi connectivity index (χ0) is 27.0. The van der Waals surface area contributed by atoms with Crippen LogP contribution in [0.2, 0.25) is 0 Å². The van der Waals surface area contributed by atoms with E-state index in [1.807, 2.05) is 34.0 Å². The highest BCUT2D eigenvalue weighted by atomic mass is 32.1. The van der Waals surface area contributed by atoms with Crippen LogP contribution in [0.15, 0.2) is 53.9 Å². The highest BCUT2D eigenvalue weighted by molar-refractivity contribution is 7.28. The van der Waals surface area contributed by atoms with E-state index in [4.69, 9.17) is 4.74 Å². The first-order valence-corrected chi connectivity index (χ1v) is 18.6. The maximum absolute atomic E-state index is 6.09. The van der Waals surface area contributed by atoms with Gasteiger partial charge in [-0.1, -0.05) is 121 Å². The van der Waals surface area contributed by atoms with Crippen LogP contribution in [0.1, 0.15) is 110 Å². The standard InChI is InChI=1S/C34H46OS4/c1-2-3-4-5-6-7-8-9-10-11-12-13-14-15-16-17-26-35-34-25-24-33(39-34)32-23-22-31(38-32)30-21-20-29(37-30)28-19-18-27-36-28/h18-25,27H,2-17,26H2,1H3. The fourth-order valence-corrected chi connectivity index (χ4v) is 8.88. The molecule has 4 rings (SSSR count). The molecule has 0 fully saturated rings. The Bertz CT molecular complexity index is 1150. The largest absolute Gasteiger partial charge is 0.484 e. The molecule has 212 valence electrons. The highest BCUT2D eigenvalue weighted by Gasteiger charge is 2.11. The topological polar surface area (TPSA) is 9.23 Å². The molecule has 0 saturated heterocycles. The third-order valence-electron chi connectivity index (χ3n) is 7.29. The molecule has 0 aliphatic carbocycles. The summed E-state index contributed by atoms with van der Waals surface area (Å²) in [7, 11) is 0. The summed E-state index contributed by atoms with van der Waals surface area (Å²) in [6.07, 6.45) is 22.4. The second kappa shape index (κ2) is 18.1. The summed E-state index contributed by atoms with van der Waals surface area (Å²) in [5, 5.41) is 3.20. The van der Waals surface area contributed by atoms with E-state index in [9.17, 15) is 0 Å². The lowest BCUT2D eigenvalue weighted by Gasteiger charge is -2.04. The molecule has 4 aromatic heterocycles. The van der Waals surface area contributed by atoms with Crippen molar-refractivity contribution in [3.8, 4) is 34.3 Å². The maximum atomic E-state index is 6.09. The van der Waals surface area contributed by atoms with Crippen molar-refractivity contribution in [1.29, 1.82) is 0 Å². The lowest BCUT2D eigenvalue weighted by Crippen LogP contribution is -1.95. The zero-order valence-electron chi connectivity index (χ0n) is 23.8. The third-order valence-corrected chi connectivity index (χ3v) is 11.9. The molecule has 0 aliphatic rings. The summed E-state index contributed by atoms with van der Waals surface area (Å²) >= 11 is 7.36. The average molecular weight is 599 g/mol. The molecular weight excluding hydrogens is 553 g/mol. The number of rotatable bonds is 21. The first kappa shape index (κ1) is 30.6. The van der Waals surface area contributed by atoms with Crippen LogP contribution in [0.3, 0.4) is 0 Å². The van der Waals surface area contributed by atoms with Gasteiger partial charge in [-0.3, -0.25) is 0 Å². The van der Waals surface area contributed by atoms with Gasteiger partial charge in [0, 0.05) is 29.3 Å². The van der Waals surface area contributed by atoms with E-state index >= 15 is 0 Å². The quantitative estimate of drug-likeness (QED) is 0.0867. The molecule has 39 heavy (non-hydrogen) atoms. The maximum Gasteiger partial charge on any atom is 0.174 e. The molecule has 0 saturated carbocycles. The summed E-state index contributed by atoms with van der Waals surface area (Å²) in [4.78, 5) is 8.05. The SMILES string of the molecule is CCCCCCCCCCCCCCCCCCOc1ccc(-c2ccc(-c3ccc(-c4cccs4)s3)s2)s1. The second-order valence-electron chi connectivity index (χ2n) is 10.6. The van der Waals surface area contributed by atoms with Crippen molar-refractivity contribution in [1.82, 2.24) is 0 Å². The van der Waals surface area contributed by atoms with E-state index in [2.05, 4.69) is 60.8 Å². The summed E-state index contributed by atoms with van der Waals surface area (Å²) < 4.78 is 6.09.